The van der Waals surface area contributed by atoms with Crippen LogP contribution < -0.4 is 20.3 Å². The summed E-state index contributed by atoms with van der Waals surface area (Å²) in [5, 5.41) is 0. The topological polar surface area (TPSA) is 76.7 Å². The van der Waals surface area contributed by atoms with E-state index >= 15 is 0 Å². The summed E-state index contributed by atoms with van der Waals surface area (Å²) in [5.41, 5.74) is 6.84. The van der Waals surface area contributed by atoms with E-state index in [-0.39, 0.29) is 5.91 Å². The summed E-state index contributed by atoms with van der Waals surface area (Å²) in [6.07, 6.45) is 6.12. The molecule has 2 amide bonds. The molecule has 6 nitrogen and oxygen atoms in total. The number of carbonyl (C=O) groups is 2. The van der Waals surface area contributed by atoms with Crippen LogP contribution in [-0.2, 0) is 17.6 Å². The minimum Gasteiger partial charge on any atom is -0.493 e. The third-order valence-corrected chi connectivity index (χ3v) is 5.94. The van der Waals surface area contributed by atoms with Gasteiger partial charge in [-0.3, -0.25) is 20.4 Å². The molecule has 3 rings (SSSR count). The number of hydrazine groups is 1. The normalized spacial score (nSPS) is 15.8. The minimum absolute atomic E-state index is 0.298. The molecule has 2 N–H and O–H groups in total. The molecule has 0 bridgehead atoms. The maximum atomic E-state index is 12.3. The monoisotopic (exact) mass is 400 g/mol. The van der Waals surface area contributed by atoms with Crippen molar-refractivity contribution in [1.82, 2.24) is 10.9 Å². The number of amides is 2. The SMILES string of the molecule is COc1cccc(/C=C/C(=O)NNC(=O)c2cc3c(s2)CC[C@@H](C)C3)c1OC. The van der Waals surface area contributed by atoms with Crippen LogP contribution in [0.2, 0.25) is 0 Å². The van der Waals surface area contributed by atoms with E-state index in [1.165, 1.54) is 35.0 Å². The van der Waals surface area contributed by atoms with Gasteiger partial charge in [0.1, 0.15) is 0 Å². The van der Waals surface area contributed by atoms with E-state index in [0.29, 0.717) is 27.9 Å². The Balaban J connectivity index is 1.59. The minimum atomic E-state index is -0.437. The molecule has 148 valence electrons. The van der Waals surface area contributed by atoms with Crippen molar-refractivity contribution in [3.05, 3.63) is 51.2 Å². The van der Waals surface area contributed by atoms with Gasteiger partial charge in [-0.05, 0) is 49.0 Å². The van der Waals surface area contributed by atoms with Crippen molar-refractivity contribution in [3.8, 4) is 11.5 Å². The summed E-state index contributed by atoms with van der Waals surface area (Å²) in [6.45, 7) is 2.23. The molecule has 1 heterocycles. The molecule has 0 saturated carbocycles. The Morgan fingerprint density at radius 1 is 1.21 bits per heavy atom. The number of fused-ring (bicyclic) bond motifs is 1. The molecule has 0 unspecified atom stereocenters. The molecular formula is C21H24N2O4S. The van der Waals surface area contributed by atoms with Crippen LogP contribution in [0.4, 0.5) is 0 Å². The number of para-hydroxylation sites is 1. The smallest absolute Gasteiger partial charge is 0.279 e. The second-order valence-electron chi connectivity index (χ2n) is 6.77. The molecule has 1 aromatic heterocycles. The molecule has 7 heteroatoms. The number of carbonyl (C=O) groups excluding carboxylic acids is 2. The first-order valence-electron chi connectivity index (χ1n) is 9.12. The molecule has 0 fully saturated rings. The van der Waals surface area contributed by atoms with E-state index in [1.807, 2.05) is 6.07 Å². The highest BCUT2D eigenvalue weighted by Crippen LogP contribution is 2.32. The summed E-state index contributed by atoms with van der Waals surface area (Å²) in [5.74, 6) is 1.03. The van der Waals surface area contributed by atoms with Crippen LogP contribution in [0.3, 0.4) is 0 Å². The zero-order chi connectivity index (χ0) is 20.1. The second-order valence-corrected chi connectivity index (χ2v) is 7.90. The predicted octanol–water partition coefficient (Wildman–Crippen LogP) is 3.36. The Labute approximate surface area is 168 Å². The highest BCUT2D eigenvalue weighted by Gasteiger charge is 2.20. The van der Waals surface area contributed by atoms with Crippen molar-refractivity contribution in [2.75, 3.05) is 14.2 Å². The van der Waals surface area contributed by atoms with E-state index in [0.717, 1.165) is 19.3 Å². The Hall–Kier alpha value is -2.80. The fraction of sp³-hybridized carbons (Fsp3) is 0.333. The van der Waals surface area contributed by atoms with Crippen LogP contribution in [0.5, 0.6) is 11.5 Å². The van der Waals surface area contributed by atoms with Gasteiger partial charge in [-0.25, -0.2) is 0 Å². The first-order valence-corrected chi connectivity index (χ1v) is 9.94. The van der Waals surface area contributed by atoms with Gasteiger partial charge in [0.05, 0.1) is 19.1 Å². The van der Waals surface area contributed by atoms with E-state index in [2.05, 4.69) is 17.8 Å². The highest BCUT2D eigenvalue weighted by molar-refractivity contribution is 7.14. The third-order valence-electron chi connectivity index (χ3n) is 4.70. The number of hydrogen-bond donors (Lipinski definition) is 2. The number of methoxy groups -OCH3 is 2. The van der Waals surface area contributed by atoms with Gasteiger partial charge in [-0.2, -0.15) is 0 Å². The lowest BCUT2D eigenvalue weighted by Gasteiger charge is -2.16. The Kier molecular flexibility index (Phi) is 6.36. The van der Waals surface area contributed by atoms with Crippen molar-refractivity contribution in [2.24, 2.45) is 5.92 Å². The largest absolute Gasteiger partial charge is 0.493 e. The van der Waals surface area contributed by atoms with Gasteiger partial charge in [0, 0.05) is 16.5 Å². The number of aryl methyl sites for hydroxylation is 1. The third kappa shape index (κ3) is 4.54. The lowest BCUT2D eigenvalue weighted by Crippen LogP contribution is -2.40. The van der Waals surface area contributed by atoms with Crippen LogP contribution >= 0.6 is 11.3 Å². The molecule has 1 aliphatic carbocycles. The summed E-state index contributed by atoms with van der Waals surface area (Å²) in [4.78, 5) is 26.3. The molecule has 0 aliphatic heterocycles. The maximum Gasteiger partial charge on any atom is 0.279 e. The van der Waals surface area contributed by atoms with Gasteiger partial charge in [-0.1, -0.05) is 19.1 Å². The van der Waals surface area contributed by atoms with Crippen LogP contribution in [0.15, 0.2) is 30.3 Å². The molecule has 0 spiro atoms. The fourth-order valence-corrected chi connectivity index (χ4v) is 4.35. The average Bonchev–Trinajstić information content (AvgIpc) is 3.13. The average molecular weight is 401 g/mol. The lowest BCUT2D eigenvalue weighted by atomic mass is 9.90. The molecule has 2 aromatic rings. The van der Waals surface area contributed by atoms with Gasteiger partial charge >= 0.3 is 0 Å². The van der Waals surface area contributed by atoms with Gasteiger partial charge in [-0.15, -0.1) is 11.3 Å². The molecule has 1 atom stereocenters. The summed E-state index contributed by atoms with van der Waals surface area (Å²) >= 11 is 1.50. The first-order chi connectivity index (χ1) is 13.5. The number of thiophene rings is 1. The van der Waals surface area contributed by atoms with Gasteiger partial charge in [0.2, 0.25) is 0 Å². The molecule has 0 radical (unpaired) electrons. The van der Waals surface area contributed by atoms with Crippen molar-refractivity contribution in [1.29, 1.82) is 0 Å². The van der Waals surface area contributed by atoms with Crippen LogP contribution in [0.25, 0.3) is 6.08 Å². The molecule has 1 aliphatic rings. The van der Waals surface area contributed by atoms with E-state index in [4.69, 9.17) is 9.47 Å². The van der Waals surface area contributed by atoms with Crippen molar-refractivity contribution in [3.63, 3.8) is 0 Å². The molecular weight excluding hydrogens is 376 g/mol. The zero-order valence-corrected chi connectivity index (χ0v) is 17.0. The lowest BCUT2D eigenvalue weighted by molar-refractivity contribution is -0.117. The predicted molar refractivity (Wildman–Crippen MR) is 110 cm³/mol. The van der Waals surface area contributed by atoms with E-state index in [9.17, 15) is 9.59 Å². The number of rotatable bonds is 5. The number of benzene rings is 1. The fourth-order valence-electron chi connectivity index (χ4n) is 3.25. The van der Waals surface area contributed by atoms with Crippen LogP contribution in [0.1, 0.15) is 39.0 Å². The summed E-state index contributed by atoms with van der Waals surface area (Å²) in [7, 11) is 3.09. The molecule has 0 saturated heterocycles. The molecule has 28 heavy (non-hydrogen) atoms. The van der Waals surface area contributed by atoms with Gasteiger partial charge in [0.25, 0.3) is 11.8 Å². The zero-order valence-electron chi connectivity index (χ0n) is 16.2. The Bertz CT molecular complexity index is 904. The van der Waals surface area contributed by atoms with Crippen LogP contribution in [-0.4, -0.2) is 26.0 Å². The Morgan fingerprint density at radius 2 is 2.04 bits per heavy atom. The van der Waals surface area contributed by atoms with Crippen molar-refractivity contribution >= 4 is 29.2 Å². The van der Waals surface area contributed by atoms with E-state index in [1.54, 1.807) is 31.4 Å². The Morgan fingerprint density at radius 3 is 2.79 bits per heavy atom. The quantitative estimate of drug-likeness (QED) is 0.596. The second kappa shape index (κ2) is 8.93. The number of hydrogen-bond acceptors (Lipinski definition) is 5. The van der Waals surface area contributed by atoms with Crippen molar-refractivity contribution < 1.29 is 19.1 Å². The van der Waals surface area contributed by atoms with Crippen LogP contribution in [0, 0.1) is 5.92 Å². The maximum absolute atomic E-state index is 12.3. The summed E-state index contributed by atoms with van der Waals surface area (Å²) in [6, 6.07) is 7.33. The molecule has 1 aromatic carbocycles. The first kappa shape index (κ1) is 19.9. The van der Waals surface area contributed by atoms with Gasteiger partial charge in [0.15, 0.2) is 11.5 Å². The summed E-state index contributed by atoms with van der Waals surface area (Å²) < 4.78 is 10.6. The highest BCUT2D eigenvalue weighted by atomic mass is 32.1. The number of nitrogens with one attached hydrogen (secondary N) is 2. The standard InChI is InChI=1S/C21H24N2O4S/c1-13-7-9-17-15(11-13)12-18(28-17)21(25)23-22-19(24)10-8-14-5-4-6-16(26-2)20(14)27-3/h4-6,8,10,12-13H,7,9,11H2,1-3H3,(H,22,24)(H,23,25)/b10-8+/t13-/m1/s1. The van der Waals surface area contributed by atoms with Crippen molar-refractivity contribution in [2.45, 2.75) is 26.2 Å². The van der Waals surface area contributed by atoms with Gasteiger partial charge < -0.3 is 9.47 Å². The number of ether oxygens (including phenoxy) is 2. The van der Waals surface area contributed by atoms with E-state index < -0.39 is 5.91 Å².